The minimum Gasteiger partial charge on any atom is -0.461 e. The van der Waals surface area contributed by atoms with Crippen molar-refractivity contribution in [3.05, 3.63) is 11.4 Å². The molecule has 1 aliphatic heterocycles. The van der Waals surface area contributed by atoms with E-state index in [1.807, 2.05) is 4.68 Å². The Kier molecular flexibility index (Phi) is 6.13. The maximum Gasteiger partial charge on any atom is 0.360 e. The minimum atomic E-state index is -0.376. The molecule has 7 heteroatoms. The molecule has 1 aromatic rings. The largest absolute Gasteiger partial charge is 0.461 e. The van der Waals surface area contributed by atoms with Crippen LogP contribution in [0, 0.1) is 0 Å². The highest BCUT2D eigenvalue weighted by atomic mass is 16.5. The van der Waals surface area contributed by atoms with Crippen LogP contribution >= 0.6 is 0 Å². The SMILES string of the molecule is CCCc1c(C(=O)OCC)nnn1CCN1CCOCC1. The van der Waals surface area contributed by atoms with Gasteiger partial charge >= 0.3 is 5.97 Å². The summed E-state index contributed by atoms with van der Waals surface area (Å²) in [7, 11) is 0. The highest BCUT2D eigenvalue weighted by Gasteiger charge is 2.20. The Hall–Kier alpha value is -1.47. The Labute approximate surface area is 125 Å². The van der Waals surface area contributed by atoms with E-state index in [4.69, 9.17) is 9.47 Å². The molecule has 21 heavy (non-hydrogen) atoms. The van der Waals surface area contributed by atoms with Crippen LogP contribution in [-0.4, -0.2) is 65.3 Å². The number of hydrogen-bond acceptors (Lipinski definition) is 6. The highest BCUT2D eigenvalue weighted by Crippen LogP contribution is 2.10. The van der Waals surface area contributed by atoms with E-state index >= 15 is 0 Å². The molecule has 0 amide bonds. The number of morpholine rings is 1. The average molecular weight is 296 g/mol. The number of ether oxygens (including phenoxy) is 2. The normalized spacial score (nSPS) is 16.1. The van der Waals surface area contributed by atoms with Gasteiger partial charge in [0.1, 0.15) is 0 Å². The summed E-state index contributed by atoms with van der Waals surface area (Å²) in [5, 5.41) is 8.14. The maximum absolute atomic E-state index is 11.9. The molecule has 118 valence electrons. The van der Waals surface area contributed by atoms with Gasteiger partial charge in [-0.3, -0.25) is 4.90 Å². The number of carbonyl (C=O) groups is 1. The molecule has 0 aliphatic carbocycles. The van der Waals surface area contributed by atoms with E-state index < -0.39 is 0 Å². The topological polar surface area (TPSA) is 69.5 Å². The van der Waals surface area contributed by atoms with E-state index in [2.05, 4.69) is 22.1 Å². The van der Waals surface area contributed by atoms with E-state index in [1.165, 1.54) is 0 Å². The van der Waals surface area contributed by atoms with E-state index in [9.17, 15) is 4.79 Å². The molecule has 1 saturated heterocycles. The van der Waals surface area contributed by atoms with Crippen LogP contribution in [0.25, 0.3) is 0 Å². The Morgan fingerprint density at radius 2 is 2.05 bits per heavy atom. The molecule has 0 unspecified atom stereocenters. The molecule has 0 saturated carbocycles. The van der Waals surface area contributed by atoms with Crippen molar-refractivity contribution in [2.45, 2.75) is 33.2 Å². The molecule has 0 bridgehead atoms. The van der Waals surface area contributed by atoms with Gasteiger partial charge in [-0.05, 0) is 13.3 Å². The Bertz CT molecular complexity index is 455. The summed E-state index contributed by atoms with van der Waals surface area (Å²) in [4.78, 5) is 14.2. The molecule has 1 aromatic heterocycles. The van der Waals surface area contributed by atoms with Gasteiger partial charge in [0.2, 0.25) is 0 Å². The monoisotopic (exact) mass is 296 g/mol. The van der Waals surface area contributed by atoms with Gasteiger partial charge in [-0.1, -0.05) is 18.6 Å². The minimum absolute atomic E-state index is 0.352. The fraction of sp³-hybridized carbons (Fsp3) is 0.786. The second-order valence-corrected chi connectivity index (χ2v) is 5.03. The summed E-state index contributed by atoms with van der Waals surface area (Å²) in [5.41, 5.74) is 1.24. The molecule has 1 aliphatic rings. The fourth-order valence-electron chi connectivity index (χ4n) is 2.42. The van der Waals surface area contributed by atoms with Gasteiger partial charge in [-0.2, -0.15) is 0 Å². The van der Waals surface area contributed by atoms with Crippen molar-refractivity contribution in [1.82, 2.24) is 19.9 Å². The molecule has 0 radical (unpaired) electrons. The van der Waals surface area contributed by atoms with Gasteiger partial charge in [0.15, 0.2) is 5.69 Å². The van der Waals surface area contributed by atoms with Crippen molar-refractivity contribution in [1.29, 1.82) is 0 Å². The van der Waals surface area contributed by atoms with Crippen LogP contribution in [0.3, 0.4) is 0 Å². The second-order valence-electron chi connectivity index (χ2n) is 5.03. The fourth-order valence-corrected chi connectivity index (χ4v) is 2.42. The van der Waals surface area contributed by atoms with Gasteiger partial charge in [0, 0.05) is 19.6 Å². The third-order valence-corrected chi connectivity index (χ3v) is 3.52. The zero-order chi connectivity index (χ0) is 15.1. The van der Waals surface area contributed by atoms with Crippen LogP contribution in [0.4, 0.5) is 0 Å². The lowest BCUT2D eigenvalue weighted by Crippen LogP contribution is -2.38. The predicted molar refractivity (Wildman–Crippen MR) is 77.2 cm³/mol. The standard InChI is InChI=1S/C14H24N4O3/c1-3-5-12-13(14(19)21-4-2)15-16-18(12)7-6-17-8-10-20-11-9-17/h3-11H2,1-2H3. The zero-order valence-corrected chi connectivity index (χ0v) is 12.9. The molecule has 1 fully saturated rings. The Balaban J connectivity index is 2.02. The summed E-state index contributed by atoms with van der Waals surface area (Å²) >= 11 is 0. The quantitative estimate of drug-likeness (QED) is 0.691. The van der Waals surface area contributed by atoms with Crippen molar-refractivity contribution < 1.29 is 14.3 Å². The van der Waals surface area contributed by atoms with Gasteiger partial charge < -0.3 is 9.47 Å². The van der Waals surface area contributed by atoms with Crippen molar-refractivity contribution in [3.8, 4) is 0 Å². The molecular weight excluding hydrogens is 272 g/mol. The molecule has 0 atom stereocenters. The van der Waals surface area contributed by atoms with E-state index in [0.717, 1.165) is 57.9 Å². The maximum atomic E-state index is 11.9. The summed E-state index contributed by atoms with van der Waals surface area (Å²) in [6, 6.07) is 0. The molecular formula is C14H24N4O3. The number of hydrogen-bond donors (Lipinski definition) is 0. The molecule has 0 N–H and O–H groups in total. The van der Waals surface area contributed by atoms with Crippen LogP contribution in [0.1, 0.15) is 36.5 Å². The van der Waals surface area contributed by atoms with Crippen LogP contribution in [-0.2, 0) is 22.4 Å². The van der Waals surface area contributed by atoms with Crippen LogP contribution in [0.15, 0.2) is 0 Å². The zero-order valence-electron chi connectivity index (χ0n) is 12.9. The van der Waals surface area contributed by atoms with Gasteiger partial charge in [-0.25, -0.2) is 9.48 Å². The highest BCUT2D eigenvalue weighted by molar-refractivity contribution is 5.88. The van der Waals surface area contributed by atoms with E-state index in [1.54, 1.807) is 6.92 Å². The third-order valence-electron chi connectivity index (χ3n) is 3.52. The van der Waals surface area contributed by atoms with Crippen molar-refractivity contribution in [3.63, 3.8) is 0 Å². The lowest BCUT2D eigenvalue weighted by atomic mass is 10.2. The number of aromatic nitrogens is 3. The lowest BCUT2D eigenvalue weighted by molar-refractivity contribution is 0.0358. The van der Waals surface area contributed by atoms with Crippen molar-refractivity contribution in [2.75, 3.05) is 39.5 Å². The van der Waals surface area contributed by atoms with E-state index in [-0.39, 0.29) is 5.97 Å². The first-order valence-electron chi connectivity index (χ1n) is 7.65. The van der Waals surface area contributed by atoms with Crippen LogP contribution < -0.4 is 0 Å². The number of rotatable bonds is 7. The average Bonchev–Trinajstić information content (AvgIpc) is 2.90. The van der Waals surface area contributed by atoms with Gasteiger partial charge in [-0.15, -0.1) is 5.10 Å². The first-order chi connectivity index (χ1) is 10.3. The molecule has 2 rings (SSSR count). The summed E-state index contributed by atoms with van der Waals surface area (Å²) in [6.07, 6.45) is 1.72. The second kappa shape index (κ2) is 8.09. The Morgan fingerprint density at radius 3 is 2.71 bits per heavy atom. The summed E-state index contributed by atoms with van der Waals surface area (Å²) < 4.78 is 12.2. The third kappa shape index (κ3) is 4.25. The Morgan fingerprint density at radius 1 is 1.29 bits per heavy atom. The molecule has 2 heterocycles. The first kappa shape index (κ1) is 15.9. The molecule has 0 spiro atoms. The van der Waals surface area contributed by atoms with Gasteiger partial charge in [0.05, 0.1) is 32.1 Å². The predicted octanol–water partition coefficient (Wildman–Crippen LogP) is 0.739. The summed E-state index contributed by atoms with van der Waals surface area (Å²) in [5.74, 6) is -0.376. The van der Waals surface area contributed by atoms with Crippen molar-refractivity contribution in [2.24, 2.45) is 0 Å². The molecule has 7 nitrogen and oxygen atoms in total. The number of carbonyl (C=O) groups excluding carboxylic acids is 1. The van der Waals surface area contributed by atoms with E-state index in [0.29, 0.717) is 12.3 Å². The smallest absolute Gasteiger partial charge is 0.360 e. The first-order valence-corrected chi connectivity index (χ1v) is 7.65. The lowest BCUT2D eigenvalue weighted by Gasteiger charge is -2.26. The van der Waals surface area contributed by atoms with Crippen LogP contribution in [0.2, 0.25) is 0 Å². The summed E-state index contributed by atoms with van der Waals surface area (Å²) in [6.45, 7) is 9.32. The van der Waals surface area contributed by atoms with Crippen LogP contribution in [0.5, 0.6) is 0 Å². The van der Waals surface area contributed by atoms with Crippen molar-refractivity contribution >= 4 is 5.97 Å². The molecule has 0 aromatic carbocycles. The van der Waals surface area contributed by atoms with Gasteiger partial charge in [0.25, 0.3) is 0 Å². The number of nitrogens with zero attached hydrogens (tertiary/aromatic N) is 4. The number of esters is 1.